The van der Waals surface area contributed by atoms with Crippen molar-refractivity contribution in [1.29, 1.82) is 0 Å². The summed E-state index contributed by atoms with van der Waals surface area (Å²) >= 11 is 0. The van der Waals surface area contributed by atoms with Gasteiger partial charge in [0.1, 0.15) is 6.04 Å². The number of nitrogens with zero attached hydrogens (tertiary/aromatic N) is 4. The standard InChI is InChI=1S/C21H23N5O4S/c1-14(2)18(21-24-19(25-30-21)16-7-4-9-22-13-16)23-20(27)15-6-3-8-17(12-15)26-10-5-11-31(26,28)29/h3-4,6-9,12-14,18H,5,10-11H2,1-2H3,(H,23,27). The molecule has 0 spiro atoms. The summed E-state index contributed by atoms with van der Waals surface area (Å²) in [5, 5.41) is 6.93. The van der Waals surface area contributed by atoms with Crippen molar-refractivity contribution >= 4 is 21.6 Å². The molecule has 4 rings (SSSR count). The third-order valence-corrected chi connectivity index (χ3v) is 6.95. The van der Waals surface area contributed by atoms with Crippen LogP contribution in [0.25, 0.3) is 11.4 Å². The minimum absolute atomic E-state index is 0.0201. The van der Waals surface area contributed by atoms with Crippen LogP contribution in [-0.4, -0.2) is 41.7 Å². The Morgan fingerprint density at radius 2 is 2.06 bits per heavy atom. The van der Waals surface area contributed by atoms with Crippen molar-refractivity contribution in [2.45, 2.75) is 26.3 Å². The highest BCUT2D eigenvalue weighted by atomic mass is 32.2. The van der Waals surface area contributed by atoms with Crippen LogP contribution < -0.4 is 9.62 Å². The number of sulfonamides is 1. The number of aromatic nitrogens is 3. The van der Waals surface area contributed by atoms with Crippen LogP contribution in [0.3, 0.4) is 0 Å². The molecule has 1 aliphatic heterocycles. The van der Waals surface area contributed by atoms with Crippen molar-refractivity contribution in [1.82, 2.24) is 20.4 Å². The molecule has 3 heterocycles. The van der Waals surface area contributed by atoms with Crippen LogP contribution in [0.15, 0.2) is 53.3 Å². The lowest BCUT2D eigenvalue weighted by molar-refractivity contribution is 0.0914. The lowest BCUT2D eigenvalue weighted by atomic mass is 10.0. The number of nitrogens with one attached hydrogen (secondary N) is 1. The van der Waals surface area contributed by atoms with Crippen LogP contribution >= 0.6 is 0 Å². The fourth-order valence-electron chi connectivity index (χ4n) is 3.44. The van der Waals surface area contributed by atoms with Gasteiger partial charge in [0.25, 0.3) is 5.91 Å². The van der Waals surface area contributed by atoms with Gasteiger partial charge in [0.2, 0.25) is 21.7 Å². The summed E-state index contributed by atoms with van der Waals surface area (Å²) in [5.41, 5.74) is 1.56. The maximum absolute atomic E-state index is 13.0. The van der Waals surface area contributed by atoms with E-state index >= 15 is 0 Å². The molecule has 1 aliphatic rings. The third-order valence-electron chi connectivity index (χ3n) is 5.08. The highest BCUT2D eigenvalue weighted by molar-refractivity contribution is 7.93. The van der Waals surface area contributed by atoms with E-state index in [9.17, 15) is 13.2 Å². The molecule has 0 saturated carbocycles. The van der Waals surface area contributed by atoms with E-state index in [0.717, 1.165) is 0 Å². The first-order chi connectivity index (χ1) is 14.8. The van der Waals surface area contributed by atoms with Gasteiger partial charge in [-0.3, -0.25) is 14.1 Å². The van der Waals surface area contributed by atoms with Gasteiger partial charge in [-0.05, 0) is 42.7 Å². The molecule has 162 valence electrons. The Labute approximate surface area is 180 Å². The summed E-state index contributed by atoms with van der Waals surface area (Å²) in [6.07, 6.45) is 3.86. The summed E-state index contributed by atoms with van der Waals surface area (Å²) in [7, 11) is -3.32. The van der Waals surface area contributed by atoms with Gasteiger partial charge in [0, 0.05) is 30.1 Å². The van der Waals surface area contributed by atoms with Crippen molar-refractivity contribution in [3.63, 3.8) is 0 Å². The predicted octanol–water partition coefficient (Wildman–Crippen LogP) is 2.80. The van der Waals surface area contributed by atoms with Crippen LogP contribution in [0.5, 0.6) is 0 Å². The molecule has 0 bridgehead atoms. The van der Waals surface area contributed by atoms with Crippen LogP contribution in [0.4, 0.5) is 5.69 Å². The molecule has 1 fully saturated rings. The monoisotopic (exact) mass is 441 g/mol. The molecular formula is C21H23N5O4S. The lowest BCUT2D eigenvalue weighted by Crippen LogP contribution is -2.32. The number of rotatable bonds is 6. The number of pyridine rings is 1. The zero-order chi connectivity index (χ0) is 22.0. The molecule has 1 unspecified atom stereocenters. The van der Waals surface area contributed by atoms with Gasteiger partial charge in [0.05, 0.1) is 11.4 Å². The van der Waals surface area contributed by atoms with Gasteiger partial charge in [-0.2, -0.15) is 4.98 Å². The fourth-order valence-corrected chi connectivity index (χ4v) is 5.00. The molecule has 1 amide bonds. The fraction of sp³-hybridized carbons (Fsp3) is 0.333. The smallest absolute Gasteiger partial charge is 0.252 e. The van der Waals surface area contributed by atoms with Crippen molar-refractivity contribution in [3.8, 4) is 11.4 Å². The Hall–Kier alpha value is -3.27. The number of benzene rings is 1. The molecule has 0 aliphatic carbocycles. The van der Waals surface area contributed by atoms with E-state index in [1.165, 1.54) is 4.31 Å². The van der Waals surface area contributed by atoms with E-state index in [0.29, 0.717) is 41.5 Å². The normalized spacial score (nSPS) is 16.4. The summed E-state index contributed by atoms with van der Waals surface area (Å²) in [6, 6.07) is 9.69. The minimum Gasteiger partial charge on any atom is -0.340 e. The number of anilines is 1. The van der Waals surface area contributed by atoms with Crippen LogP contribution in [0, 0.1) is 5.92 Å². The predicted molar refractivity (Wildman–Crippen MR) is 115 cm³/mol. The maximum atomic E-state index is 13.0. The van der Waals surface area contributed by atoms with E-state index in [1.54, 1.807) is 42.7 Å². The average molecular weight is 442 g/mol. The molecule has 3 aromatic rings. The average Bonchev–Trinajstić information content (AvgIpc) is 3.38. The van der Waals surface area contributed by atoms with Crippen molar-refractivity contribution in [2.24, 2.45) is 5.92 Å². The minimum atomic E-state index is -3.32. The number of carbonyl (C=O) groups excluding carboxylic acids is 1. The summed E-state index contributed by atoms with van der Waals surface area (Å²) in [6.45, 7) is 4.29. The Morgan fingerprint density at radius 3 is 2.74 bits per heavy atom. The largest absolute Gasteiger partial charge is 0.340 e. The Bertz CT molecular complexity index is 1180. The molecule has 2 aromatic heterocycles. The molecule has 1 saturated heterocycles. The summed E-state index contributed by atoms with van der Waals surface area (Å²) < 4.78 is 31.2. The van der Waals surface area contributed by atoms with Gasteiger partial charge in [-0.1, -0.05) is 25.1 Å². The number of hydrogen-bond acceptors (Lipinski definition) is 7. The molecule has 10 heteroatoms. The Balaban J connectivity index is 1.55. The maximum Gasteiger partial charge on any atom is 0.252 e. The zero-order valence-electron chi connectivity index (χ0n) is 17.2. The molecule has 9 nitrogen and oxygen atoms in total. The first-order valence-electron chi connectivity index (χ1n) is 10.0. The molecule has 31 heavy (non-hydrogen) atoms. The van der Waals surface area contributed by atoms with Crippen LogP contribution in [-0.2, 0) is 10.0 Å². The van der Waals surface area contributed by atoms with E-state index in [2.05, 4.69) is 20.4 Å². The van der Waals surface area contributed by atoms with Gasteiger partial charge in [-0.15, -0.1) is 0 Å². The molecule has 0 radical (unpaired) electrons. The summed E-state index contributed by atoms with van der Waals surface area (Å²) in [4.78, 5) is 21.4. The molecule has 1 aromatic carbocycles. The number of carbonyl (C=O) groups is 1. The van der Waals surface area contributed by atoms with Crippen molar-refractivity contribution < 1.29 is 17.7 Å². The Kier molecular flexibility index (Phi) is 5.73. The first-order valence-corrected chi connectivity index (χ1v) is 11.6. The second-order valence-corrected chi connectivity index (χ2v) is 9.70. The molecular weight excluding hydrogens is 418 g/mol. The second kappa shape index (κ2) is 8.46. The Morgan fingerprint density at radius 1 is 1.23 bits per heavy atom. The SMILES string of the molecule is CC(C)C(NC(=O)c1cccc(N2CCCS2(=O)=O)c1)c1nc(-c2cccnc2)no1. The topological polar surface area (TPSA) is 118 Å². The second-order valence-electron chi connectivity index (χ2n) is 7.69. The van der Waals surface area contributed by atoms with Gasteiger partial charge >= 0.3 is 0 Å². The number of hydrogen-bond donors (Lipinski definition) is 1. The lowest BCUT2D eigenvalue weighted by Gasteiger charge is -2.20. The summed E-state index contributed by atoms with van der Waals surface area (Å²) in [5.74, 6) is 0.436. The van der Waals surface area contributed by atoms with Gasteiger partial charge in [-0.25, -0.2) is 8.42 Å². The van der Waals surface area contributed by atoms with Gasteiger partial charge < -0.3 is 9.84 Å². The quantitative estimate of drug-likeness (QED) is 0.625. The van der Waals surface area contributed by atoms with Gasteiger partial charge in [0.15, 0.2) is 0 Å². The number of amides is 1. The van der Waals surface area contributed by atoms with E-state index < -0.39 is 16.1 Å². The van der Waals surface area contributed by atoms with Crippen molar-refractivity contribution in [2.75, 3.05) is 16.6 Å². The van der Waals surface area contributed by atoms with Crippen LogP contribution in [0.2, 0.25) is 0 Å². The highest BCUT2D eigenvalue weighted by Gasteiger charge is 2.29. The zero-order valence-corrected chi connectivity index (χ0v) is 18.0. The van der Waals surface area contributed by atoms with E-state index in [1.807, 2.05) is 19.9 Å². The molecule has 1 atom stereocenters. The van der Waals surface area contributed by atoms with E-state index in [4.69, 9.17) is 4.52 Å². The molecule has 1 N–H and O–H groups in total. The first kappa shape index (κ1) is 21.0. The third kappa shape index (κ3) is 4.43. The van der Waals surface area contributed by atoms with Crippen molar-refractivity contribution in [3.05, 3.63) is 60.2 Å². The van der Waals surface area contributed by atoms with Crippen LogP contribution in [0.1, 0.15) is 42.6 Å². The van der Waals surface area contributed by atoms with E-state index in [-0.39, 0.29) is 17.6 Å². The highest BCUT2D eigenvalue weighted by Crippen LogP contribution is 2.26.